The van der Waals surface area contributed by atoms with Gasteiger partial charge in [0.15, 0.2) is 0 Å². The highest BCUT2D eigenvalue weighted by Gasteiger charge is 2.18. The highest BCUT2D eigenvalue weighted by molar-refractivity contribution is 5.83. The maximum absolute atomic E-state index is 12.0. The van der Waals surface area contributed by atoms with E-state index in [-0.39, 0.29) is 30.5 Å². The van der Waals surface area contributed by atoms with Gasteiger partial charge in [-0.3, -0.25) is 19.7 Å². The van der Waals surface area contributed by atoms with Crippen LogP contribution in [-0.4, -0.2) is 28.5 Å². The first-order chi connectivity index (χ1) is 9.81. The number of carbonyl (C=O) groups is 2. The number of carboxylic acids is 1. The summed E-state index contributed by atoms with van der Waals surface area (Å²) in [6.07, 6.45) is -0.0224. The van der Waals surface area contributed by atoms with E-state index in [1.165, 1.54) is 18.2 Å². The van der Waals surface area contributed by atoms with E-state index in [9.17, 15) is 19.7 Å². The number of hydrogen-bond donors (Lipinski definition) is 2. The molecule has 2 unspecified atom stereocenters. The summed E-state index contributed by atoms with van der Waals surface area (Å²) >= 11 is 0. The molecule has 7 heteroatoms. The van der Waals surface area contributed by atoms with Crippen molar-refractivity contribution in [2.24, 2.45) is 5.92 Å². The Bertz CT molecular complexity index is 544. The maximum atomic E-state index is 12.0. The third-order valence-corrected chi connectivity index (χ3v) is 3.12. The van der Waals surface area contributed by atoms with Gasteiger partial charge in [0.05, 0.1) is 10.8 Å². The zero-order valence-corrected chi connectivity index (χ0v) is 11.9. The van der Waals surface area contributed by atoms with Gasteiger partial charge >= 0.3 is 5.97 Å². The molecule has 1 aromatic carbocycles. The number of non-ortho nitro benzene ring substituents is 1. The molecule has 0 heterocycles. The Labute approximate surface area is 122 Å². The number of nitrogens with zero attached hydrogens (tertiary/aromatic N) is 1. The molecule has 0 saturated carbocycles. The molecule has 0 aliphatic carbocycles. The summed E-state index contributed by atoms with van der Waals surface area (Å²) in [5, 5.41) is 22.0. The molecule has 114 valence electrons. The Morgan fingerprint density at radius 3 is 2.62 bits per heavy atom. The van der Waals surface area contributed by atoms with Gasteiger partial charge in [0.1, 0.15) is 0 Å². The first-order valence-electron chi connectivity index (χ1n) is 6.55. The van der Waals surface area contributed by atoms with Crippen molar-refractivity contribution in [3.8, 4) is 0 Å². The molecular weight excluding hydrogens is 276 g/mol. The van der Waals surface area contributed by atoms with Crippen LogP contribution in [0.4, 0.5) is 5.69 Å². The smallest absolute Gasteiger partial charge is 0.303 e. The first-order valence-corrected chi connectivity index (χ1v) is 6.55. The number of hydrogen-bond acceptors (Lipinski definition) is 4. The maximum Gasteiger partial charge on any atom is 0.303 e. The molecular formula is C14H18N2O5. The number of aliphatic carboxylic acids is 1. The summed E-state index contributed by atoms with van der Waals surface area (Å²) in [7, 11) is 0. The monoisotopic (exact) mass is 294 g/mol. The lowest BCUT2D eigenvalue weighted by Gasteiger charge is -2.15. The molecule has 2 atom stereocenters. The van der Waals surface area contributed by atoms with Gasteiger partial charge in [-0.1, -0.05) is 19.1 Å². The third kappa shape index (κ3) is 5.21. The minimum Gasteiger partial charge on any atom is -0.481 e. The Kier molecular flexibility index (Phi) is 5.83. The van der Waals surface area contributed by atoms with Gasteiger partial charge in [0.25, 0.3) is 5.69 Å². The van der Waals surface area contributed by atoms with Crippen molar-refractivity contribution >= 4 is 17.6 Å². The van der Waals surface area contributed by atoms with Crippen LogP contribution in [0.5, 0.6) is 0 Å². The van der Waals surface area contributed by atoms with Crippen molar-refractivity contribution in [3.63, 3.8) is 0 Å². The van der Waals surface area contributed by atoms with Crippen LogP contribution in [0.2, 0.25) is 0 Å². The zero-order valence-electron chi connectivity index (χ0n) is 11.9. The van der Waals surface area contributed by atoms with E-state index in [0.717, 1.165) is 0 Å². The van der Waals surface area contributed by atoms with Gasteiger partial charge in [-0.2, -0.15) is 0 Å². The molecule has 1 aromatic rings. The van der Waals surface area contributed by atoms with Gasteiger partial charge in [-0.05, 0) is 18.4 Å². The summed E-state index contributed by atoms with van der Waals surface area (Å²) < 4.78 is 0. The van der Waals surface area contributed by atoms with Gasteiger partial charge in [0.2, 0.25) is 5.91 Å². The van der Waals surface area contributed by atoms with E-state index in [2.05, 4.69) is 5.32 Å². The lowest BCUT2D eigenvalue weighted by atomic mass is 9.99. The average Bonchev–Trinajstić information content (AvgIpc) is 2.43. The van der Waals surface area contributed by atoms with Crippen LogP contribution in [0.25, 0.3) is 0 Å². The highest BCUT2D eigenvalue weighted by atomic mass is 16.6. The van der Waals surface area contributed by atoms with Crippen LogP contribution in [0.15, 0.2) is 24.3 Å². The van der Waals surface area contributed by atoms with Crippen molar-refractivity contribution in [3.05, 3.63) is 39.9 Å². The topological polar surface area (TPSA) is 110 Å². The van der Waals surface area contributed by atoms with Crippen LogP contribution in [-0.2, 0) is 9.59 Å². The second-order valence-corrected chi connectivity index (χ2v) is 5.02. The van der Waals surface area contributed by atoms with Gasteiger partial charge in [-0.25, -0.2) is 0 Å². The molecule has 0 aliphatic heterocycles. The van der Waals surface area contributed by atoms with Crippen LogP contribution < -0.4 is 5.32 Å². The molecule has 0 fully saturated rings. The first kappa shape index (κ1) is 16.6. The van der Waals surface area contributed by atoms with Crippen molar-refractivity contribution in [1.82, 2.24) is 5.32 Å². The van der Waals surface area contributed by atoms with E-state index in [1.54, 1.807) is 19.9 Å². The molecule has 0 aromatic heterocycles. The molecule has 7 nitrogen and oxygen atoms in total. The largest absolute Gasteiger partial charge is 0.481 e. The fourth-order valence-corrected chi connectivity index (χ4v) is 1.86. The lowest BCUT2D eigenvalue weighted by molar-refractivity contribution is -0.384. The molecule has 0 spiro atoms. The van der Waals surface area contributed by atoms with Crippen molar-refractivity contribution in [2.75, 3.05) is 6.54 Å². The molecule has 2 N–H and O–H groups in total. The second-order valence-electron chi connectivity index (χ2n) is 5.02. The lowest BCUT2D eigenvalue weighted by Crippen LogP contribution is -2.32. The standard InChI is InChI=1S/C14H18N2O5/c1-9(6-13(17)18)8-15-14(19)10(2)11-4-3-5-12(7-11)16(20)21/h3-5,7,9-10H,6,8H2,1-2H3,(H,15,19)(H,17,18). The normalized spacial score (nSPS) is 13.2. The van der Waals surface area contributed by atoms with Crippen LogP contribution in [0.1, 0.15) is 31.7 Å². The predicted molar refractivity (Wildman–Crippen MR) is 75.9 cm³/mol. The Balaban J connectivity index is 2.64. The summed E-state index contributed by atoms with van der Waals surface area (Å²) in [6, 6.07) is 5.91. The van der Waals surface area contributed by atoms with Crippen molar-refractivity contribution in [1.29, 1.82) is 0 Å². The van der Waals surface area contributed by atoms with E-state index in [0.29, 0.717) is 5.56 Å². The number of nitro groups is 1. The molecule has 1 rings (SSSR count). The second kappa shape index (κ2) is 7.37. The minimum atomic E-state index is -0.913. The summed E-state index contributed by atoms with van der Waals surface area (Å²) in [6.45, 7) is 3.63. The molecule has 0 aliphatic rings. The van der Waals surface area contributed by atoms with Crippen molar-refractivity contribution in [2.45, 2.75) is 26.2 Å². The Hall–Kier alpha value is -2.44. The molecule has 21 heavy (non-hydrogen) atoms. The van der Waals surface area contributed by atoms with Crippen LogP contribution in [0.3, 0.4) is 0 Å². The number of amides is 1. The molecule has 0 radical (unpaired) electrons. The fraction of sp³-hybridized carbons (Fsp3) is 0.429. The van der Waals surface area contributed by atoms with E-state index in [4.69, 9.17) is 5.11 Å². The number of nitrogens with one attached hydrogen (secondary N) is 1. The van der Waals surface area contributed by atoms with E-state index >= 15 is 0 Å². The predicted octanol–water partition coefficient (Wildman–Crippen LogP) is 1.93. The molecule has 0 saturated heterocycles. The van der Waals surface area contributed by atoms with Crippen LogP contribution in [0, 0.1) is 16.0 Å². The molecule has 1 amide bonds. The van der Waals surface area contributed by atoms with Crippen molar-refractivity contribution < 1.29 is 19.6 Å². The fourth-order valence-electron chi connectivity index (χ4n) is 1.86. The molecule has 0 bridgehead atoms. The summed E-state index contributed by atoms with van der Waals surface area (Å²) in [5.41, 5.74) is 0.485. The number of benzene rings is 1. The van der Waals surface area contributed by atoms with E-state index < -0.39 is 16.8 Å². The van der Waals surface area contributed by atoms with Gasteiger partial charge < -0.3 is 10.4 Å². The number of carbonyl (C=O) groups excluding carboxylic acids is 1. The highest BCUT2D eigenvalue weighted by Crippen LogP contribution is 2.20. The van der Waals surface area contributed by atoms with Gasteiger partial charge in [-0.15, -0.1) is 0 Å². The SMILES string of the molecule is CC(CNC(=O)C(C)c1cccc([N+](=O)[O-])c1)CC(=O)O. The zero-order chi connectivity index (χ0) is 16.0. The van der Waals surface area contributed by atoms with Gasteiger partial charge in [0, 0.05) is 25.1 Å². The number of nitro benzene ring substituents is 1. The summed E-state index contributed by atoms with van der Waals surface area (Å²) in [5.74, 6) is -1.91. The average molecular weight is 294 g/mol. The Morgan fingerprint density at radius 2 is 2.05 bits per heavy atom. The number of carboxylic acid groups (broad SMARTS) is 1. The quantitative estimate of drug-likeness (QED) is 0.589. The summed E-state index contributed by atoms with van der Waals surface area (Å²) in [4.78, 5) is 32.7. The van der Waals surface area contributed by atoms with E-state index in [1.807, 2.05) is 0 Å². The third-order valence-electron chi connectivity index (χ3n) is 3.12. The van der Waals surface area contributed by atoms with Crippen LogP contribution >= 0.6 is 0 Å². The Morgan fingerprint density at radius 1 is 1.38 bits per heavy atom. The number of rotatable bonds is 7. The minimum absolute atomic E-state index is 0.0224.